The minimum atomic E-state index is 0.202. The number of phenolic OH excluding ortho intramolecular Hbond substituents is 1. The second-order valence-corrected chi connectivity index (χ2v) is 4.99. The number of hydrogen-bond acceptors (Lipinski definition) is 3. The first-order valence-electron chi connectivity index (χ1n) is 6.91. The fraction of sp³-hybridized carbons (Fsp3) is 0.222. The van der Waals surface area contributed by atoms with Gasteiger partial charge in [-0.2, -0.15) is 0 Å². The summed E-state index contributed by atoms with van der Waals surface area (Å²) in [5.41, 5.74) is 3.03. The Bertz CT molecular complexity index is 608. The molecule has 0 spiro atoms. The quantitative estimate of drug-likeness (QED) is 0.819. The zero-order valence-corrected chi connectivity index (χ0v) is 12.5. The Kier molecular flexibility index (Phi) is 4.88. The number of phenols is 1. The third kappa shape index (κ3) is 3.57. The Labute approximate surface area is 126 Å². The molecule has 0 aliphatic heterocycles. The van der Waals surface area contributed by atoms with Crippen LogP contribution in [0.4, 0.5) is 5.69 Å². The van der Waals surface area contributed by atoms with Gasteiger partial charge in [-0.3, -0.25) is 0 Å². The van der Waals surface area contributed by atoms with Gasteiger partial charge in [0.05, 0.1) is 7.11 Å². The largest absolute Gasteiger partial charge is 0.504 e. The van der Waals surface area contributed by atoms with Crippen LogP contribution in [-0.4, -0.2) is 19.3 Å². The van der Waals surface area contributed by atoms with E-state index in [1.807, 2.05) is 55.6 Å². The number of aromatic hydroxyl groups is 1. The maximum atomic E-state index is 10.3. The Hall–Kier alpha value is -2.42. The highest BCUT2D eigenvalue weighted by Gasteiger charge is 2.12. The molecule has 0 aliphatic rings. The number of benzene rings is 2. The molecule has 2 aromatic rings. The number of ether oxygens (including phenoxy) is 1. The van der Waals surface area contributed by atoms with Crippen LogP contribution in [0.5, 0.6) is 11.5 Å². The molecule has 3 heteroatoms. The molecule has 3 nitrogen and oxygen atoms in total. The predicted molar refractivity (Wildman–Crippen MR) is 87.1 cm³/mol. The Morgan fingerprint density at radius 3 is 2.57 bits per heavy atom. The molecule has 0 unspecified atom stereocenters. The first-order chi connectivity index (χ1) is 10.2. The summed E-state index contributed by atoms with van der Waals surface area (Å²) in [4.78, 5) is 2.09. The summed E-state index contributed by atoms with van der Waals surface area (Å²) in [6.07, 6.45) is 2.59. The molecule has 0 fully saturated rings. The molecule has 0 aliphatic carbocycles. The van der Waals surface area contributed by atoms with E-state index in [0.717, 1.165) is 23.2 Å². The first kappa shape index (κ1) is 15.0. The van der Waals surface area contributed by atoms with Gasteiger partial charge in [-0.25, -0.2) is 0 Å². The molecular formula is C18H21NO2. The van der Waals surface area contributed by atoms with Crippen LogP contribution in [0, 0.1) is 0 Å². The Balaban J connectivity index is 2.30. The number of nitrogens with zero attached hydrogens (tertiary/aromatic N) is 1. The molecule has 0 radical (unpaired) electrons. The Morgan fingerprint density at radius 2 is 1.95 bits per heavy atom. The zero-order valence-electron chi connectivity index (χ0n) is 12.5. The number of anilines is 1. The number of rotatable bonds is 6. The number of para-hydroxylation sites is 1. The van der Waals surface area contributed by atoms with Crippen LogP contribution in [0.25, 0.3) is 0 Å². The monoisotopic (exact) mass is 283 g/mol. The van der Waals surface area contributed by atoms with Crippen molar-refractivity contribution >= 4 is 5.69 Å². The van der Waals surface area contributed by atoms with Crippen molar-refractivity contribution in [3.05, 3.63) is 66.2 Å². The van der Waals surface area contributed by atoms with Gasteiger partial charge in [-0.05, 0) is 36.2 Å². The van der Waals surface area contributed by atoms with Crippen LogP contribution in [0.3, 0.4) is 0 Å². The van der Waals surface area contributed by atoms with Crippen molar-refractivity contribution in [1.82, 2.24) is 0 Å². The van der Waals surface area contributed by atoms with E-state index < -0.39 is 0 Å². The normalized spacial score (nSPS) is 10.2. The van der Waals surface area contributed by atoms with Gasteiger partial charge in [0, 0.05) is 24.8 Å². The average molecular weight is 283 g/mol. The summed E-state index contributed by atoms with van der Waals surface area (Å²) >= 11 is 0. The van der Waals surface area contributed by atoms with Crippen LogP contribution in [0.1, 0.15) is 11.1 Å². The molecule has 0 heterocycles. The summed E-state index contributed by atoms with van der Waals surface area (Å²) in [6.45, 7) is 4.37. The summed E-state index contributed by atoms with van der Waals surface area (Å²) in [7, 11) is 3.57. The fourth-order valence-electron chi connectivity index (χ4n) is 2.32. The summed E-state index contributed by atoms with van der Waals surface area (Å²) in [5.74, 6) is 0.707. The van der Waals surface area contributed by atoms with E-state index >= 15 is 0 Å². The van der Waals surface area contributed by atoms with Gasteiger partial charge in [0.2, 0.25) is 0 Å². The molecule has 0 saturated carbocycles. The molecule has 2 rings (SSSR count). The van der Waals surface area contributed by atoms with Crippen molar-refractivity contribution in [1.29, 1.82) is 0 Å². The maximum Gasteiger partial charge on any atom is 0.162 e. The lowest BCUT2D eigenvalue weighted by Gasteiger charge is -2.21. The van der Waals surface area contributed by atoms with E-state index in [4.69, 9.17) is 4.74 Å². The Morgan fingerprint density at radius 1 is 1.24 bits per heavy atom. The van der Waals surface area contributed by atoms with Gasteiger partial charge in [0.15, 0.2) is 11.5 Å². The fourth-order valence-corrected chi connectivity index (χ4v) is 2.32. The molecular weight excluding hydrogens is 262 g/mol. The second kappa shape index (κ2) is 6.84. The van der Waals surface area contributed by atoms with Crippen molar-refractivity contribution in [3.8, 4) is 11.5 Å². The zero-order chi connectivity index (χ0) is 15.2. The molecule has 110 valence electrons. The van der Waals surface area contributed by atoms with E-state index in [0.29, 0.717) is 12.3 Å². The molecule has 0 amide bonds. The standard InChI is InChI=1S/C18H21NO2/c1-4-8-14-11-15(18(20)17(12-14)21-3)13-19(2)16-9-6-5-7-10-16/h4-7,9-12,20H,1,8,13H2,2-3H3. The molecule has 2 aromatic carbocycles. The van der Waals surface area contributed by atoms with Gasteiger partial charge in [0.1, 0.15) is 0 Å². The van der Waals surface area contributed by atoms with Crippen molar-refractivity contribution < 1.29 is 9.84 Å². The van der Waals surface area contributed by atoms with Gasteiger partial charge in [-0.1, -0.05) is 24.3 Å². The van der Waals surface area contributed by atoms with E-state index in [-0.39, 0.29) is 5.75 Å². The molecule has 0 bridgehead atoms. The SMILES string of the molecule is C=CCc1cc(CN(C)c2ccccc2)c(O)c(OC)c1. The van der Waals surface area contributed by atoms with Gasteiger partial charge < -0.3 is 14.7 Å². The van der Waals surface area contributed by atoms with Crippen molar-refractivity contribution in [2.45, 2.75) is 13.0 Å². The third-order valence-corrected chi connectivity index (χ3v) is 3.42. The number of allylic oxidation sites excluding steroid dienone is 1. The van der Waals surface area contributed by atoms with Crippen LogP contribution in [-0.2, 0) is 13.0 Å². The first-order valence-corrected chi connectivity index (χ1v) is 6.91. The van der Waals surface area contributed by atoms with E-state index in [2.05, 4.69) is 11.5 Å². The van der Waals surface area contributed by atoms with Crippen molar-refractivity contribution in [3.63, 3.8) is 0 Å². The predicted octanol–water partition coefficient (Wildman–Crippen LogP) is 3.77. The van der Waals surface area contributed by atoms with Crippen LogP contribution >= 0.6 is 0 Å². The lowest BCUT2D eigenvalue weighted by Crippen LogP contribution is -2.16. The summed E-state index contributed by atoms with van der Waals surface area (Å²) in [5, 5.41) is 10.3. The summed E-state index contributed by atoms with van der Waals surface area (Å²) in [6, 6.07) is 13.9. The van der Waals surface area contributed by atoms with E-state index in [9.17, 15) is 5.11 Å². The highest BCUT2D eigenvalue weighted by atomic mass is 16.5. The number of methoxy groups -OCH3 is 1. The van der Waals surface area contributed by atoms with Gasteiger partial charge >= 0.3 is 0 Å². The summed E-state index contributed by atoms with van der Waals surface area (Å²) < 4.78 is 5.26. The van der Waals surface area contributed by atoms with E-state index in [1.165, 1.54) is 0 Å². The lowest BCUT2D eigenvalue weighted by molar-refractivity contribution is 0.370. The van der Waals surface area contributed by atoms with E-state index in [1.54, 1.807) is 7.11 Å². The van der Waals surface area contributed by atoms with Gasteiger partial charge in [-0.15, -0.1) is 6.58 Å². The van der Waals surface area contributed by atoms with Crippen LogP contribution in [0.15, 0.2) is 55.1 Å². The lowest BCUT2D eigenvalue weighted by atomic mass is 10.1. The smallest absolute Gasteiger partial charge is 0.162 e. The maximum absolute atomic E-state index is 10.3. The van der Waals surface area contributed by atoms with Crippen LogP contribution < -0.4 is 9.64 Å². The highest BCUT2D eigenvalue weighted by Crippen LogP contribution is 2.33. The van der Waals surface area contributed by atoms with Crippen molar-refractivity contribution in [2.24, 2.45) is 0 Å². The minimum absolute atomic E-state index is 0.202. The number of hydrogen-bond donors (Lipinski definition) is 1. The third-order valence-electron chi connectivity index (χ3n) is 3.42. The topological polar surface area (TPSA) is 32.7 Å². The highest BCUT2D eigenvalue weighted by molar-refractivity contribution is 5.52. The molecule has 0 saturated heterocycles. The van der Waals surface area contributed by atoms with Crippen LogP contribution in [0.2, 0.25) is 0 Å². The average Bonchev–Trinajstić information content (AvgIpc) is 2.51. The van der Waals surface area contributed by atoms with Gasteiger partial charge in [0.25, 0.3) is 0 Å². The second-order valence-electron chi connectivity index (χ2n) is 4.99. The minimum Gasteiger partial charge on any atom is -0.504 e. The molecule has 0 atom stereocenters. The molecule has 21 heavy (non-hydrogen) atoms. The molecule has 1 N–H and O–H groups in total. The van der Waals surface area contributed by atoms with Crippen molar-refractivity contribution in [2.75, 3.05) is 19.1 Å². The molecule has 0 aromatic heterocycles.